The van der Waals surface area contributed by atoms with Gasteiger partial charge in [0.2, 0.25) is 15.8 Å². The first-order chi connectivity index (χ1) is 12.1. The third-order valence-corrected chi connectivity index (χ3v) is 4.90. The van der Waals surface area contributed by atoms with Gasteiger partial charge < -0.3 is 4.74 Å². The lowest BCUT2D eigenvalue weighted by atomic mass is 10.1. The molecule has 10 heteroatoms. The molecule has 2 aromatic rings. The van der Waals surface area contributed by atoms with Gasteiger partial charge in [0, 0.05) is 22.3 Å². The fourth-order valence-corrected chi connectivity index (χ4v) is 3.46. The molecule has 0 aliphatic rings. The molecular formula is C16H18N2O6S2. The summed E-state index contributed by atoms with van der Waals surface area (Å²) in [6, 6.07) is 5.76. The Morgan fingerprint density at radius 2 is 1.88 bits per heavy atom. The van der Waals surface area contributed by atoms with Gasteiger partial charge in [0.05, 0.1) is 6.26 Å². The number of nitrogens with one attached hydrogen (secondary N) is 1. The molecule has 0 saturated heterocycles. The molecule has 140 valence electrons. The summed E-state index contributed by atoms with van der Waals surface area (Å²) in [5, 5.41) is 1.64. The van der Waals surface area contributed by atoms with Gasteiger partial charge in [-0.15, -0.1) is 0 Å². The van der Waals surface area contributed by atoms with Gasteiger partial charge in [-0.25, -0.2) is 8.42 Å². The van der Waals surface area contributed by atoms with Gasteiger partial charge in [-0.3, -0.25) is 23.7 Å². The van der Waals surface area contributed by atoms with Gasteiger partial charge in [-0.05, 0) is 38.1 Å². The zero-order chi connectivity index (χ0) is 19.5. The van der Waals surface area contributed by atoms with Crippen LogP contribution in [0.1, 0.15) is 23.0 Å². The lowest BCUT2D eigenvalue weighted by molar-refractivity contribution is -0.147. The maximum atomic E-state index is 12.3. The third kappa shape index (κ3) is 5.27. The second-order valence-corrected chi connectivity index (χ2v) is 8.25. The maximum Gasteiger partial charge on any atom is 0.326 e. The minimum Gasteiger partial charge on any atom is -0.453 e. The molecule has 0 unspecified atom stereocenters. The van der Waals surface area contributed by atoms with Crippen molar-refractivity contribution < 1.29 is 22.7 Å². The minimum absolute atomic E-state index is 0.261. The van der Waals surface area contributed by atoms with Crippen LogP contribution < -0.4 is 9.60 Å². The minimum atomic E-state index is -3.41. The zero-order valence-corrected chi connectivity index (χ0v) is 16.0. The fourth-order valence-electron chi connectivity index (χ4n) is 2.16. The van der Waals surface area contributed by atoms with Crippen LogP contribution in [0.15, 0.2) is 34.4 Å². The highest BCUT2D eigenvalue weighted by Crippen LogP contribution is 2.13. The van der Waals surface area contributed by atoms with E-state index in [1.807, 2.05) is 0 Å². The van der Waals surface area contributed by atoms with Crippen LogP contribution >= 0.6 is 11.3 Å². The van der Waals surface area contributed by atoms with Crippen molar-refractivity contribution in [3.05, 3.63) is 50.6 Å². The average molecular weight is 398 g/mol. The Morgan fingerprint density at radius 3 is 2.38 bits per heavy atom. The summed E-state index contributed by atoms with van der Waals surface area (Å²) < 4.78 is 31.0. The Kier molecular flexibility index (Phi) is 5.98. The van der Waals surface area contributed by atoms with Crippen LogP contribution in [0, 0.1) is 6.92 Å². The summed E-state index contributed by atoms with van der Waals surface area (Å²) in [6.07, 6.45) is -0.0143. The van der Waals surface area contributed by atoms with Crippen molar-refractivity contribution in [2.45, 2.75) is 26.5 Å². The molecule has 0 aliphatic carbocycles. The number of benzene rings is 1. The summed E-state index contributed by atoms with van der Waals surface area (Å²) in [4.78, 5) is 35.6. The van der Waals surface area contributed by atoms with E-state index in [4.69, 9.17) is 4.74 Å². The number of sulfonamides is 1. The van der Waals surface area contributed by atoms with E-state index in [0.29, 0.717) is 11.4 Å². The van der Waals surface area contributed by atoms with E-state index in [9.17, 15) is 22.8 Å². The van der Waals surface area contributed by atoms with Crippen LogP contribution in [-0.2, 0) is 26.1 Å². The molecule has 0 bridgehead atoms. The van der Waals surface area contributed by atoms with Crippen molar-refractivity contribution >= 4 is 38.8 Å². The fraction of sp³-hybridized carbons (Fsp3) is 0.312. The molecule has 0 saturated carbocycles. The quantitative estimate of drug-likeness (QED) is 0.557. The van der Waals surface area contributed by atoms with Gasteiger partial charge in [0.25, 0.3) is 0 Å². The molecule has 0 radical (unpaired) electrons. The number of thiazole rings is 1. The molecule has 1 aromatic carbocycles. The Labute approximate surface area is 154 Å². The molecule has 0 aliphatic heterocycles. The van der Waals surface area contributed by atoms with Crippen molar-refractivity contribution in [3.63, 3.8) is 0 Å². The van der Waals surface area contributed by atoms with Gasteiger partial charge in [0.1, 0.15) is 6.54 Å². The molecule has 1 heterocycles. The van der Waals surface area contributed by atoms with Crippen molar-refractivity contribution in [2.75, 3.05) is 11.0 Å². The van der Waals surface area contributed by atoms with Crippen LogP contribution in [-0.4, -0.2) is 37.1 Å². The number of ether oxygens (including phenoxy) is 1. The molecule has 0 amide bonds. The number of Topliss-reactive ketones (excluding diaryl/α,β-unsaturated/α-hetero) is 1. The smallest absolute Gasteiger partial charge is 0.326 e. The number of carbonyl (C=O) groups excluding carboxylic acids is 2. The number of hydrogen-bond acceptors (Lipinski definition) is 7. The molecule has 1 N–H and O–H groups in total. The first-order valence-corrected chi connectivity index (χ1v) is 10.3. The summed E-state index contributed by atoms with van der Waals surface area (Å²) in [6.45, 7) is 2.88. The van der Waals surface area contributed by atoms with E-state index in [0.717, 1.165) is 17.6 Å². The lowest BCUT2D eigenvalue weighted by Gasteiger charge is -2.13. The van der Waals surface area contributed by atoms with Crippen molar-refractivity contribution in [2.24, 2.45) is 0 Å². The van der Waals surface area contributed by atoms with Crippen LogP contribution in [0.3, 0.4) is 0 Å². The van der Waals surface area contributed by atoms with Gasteiger partial charge in [-0.2, -0.15) is 0 Å². The first-order valence-electron chi connectivity index (χ1n) is 7.53. The van der Waals surface area contributed by atoms with Crippen LogP contribution in [0.5, 0.6) is 0 Å². The number of aryl methyl sites for hydroxylation is 1. The summed E-state index contributed by atoms with van der Waals surface area (Å²) in [5.41, 5.74) is 1.24. The molecular weight excluding hydrogens is 380 g/mol. The van der Waals surface area contributed by atoms with Crippen molar-refractivity contribution in [3.8, 4) is 0 Å². The van der Waals surface area contributed by atoms with E-state index in [2.05, 4.69) is 4.72 Å². The average Bonchev–Trinajstić information content (AvgIpc) is 2.85. The topological polar surface area (TPSA) is 112 Å². The maximum absolute atomic E-state index is 12.3. The second-order valence-electron chi connectivity index (χ2n) is 5.68. The Hall–Kier alpha value is -2.46. The van der Waals surface area contributed by atoms with E-state index >= 15 is 0 Å². The van der Waals surface area contributed by atoms with E-state index in [-0.39, 0.29) is 17.0 Å². The number of anilines is 1. The number of nitrogens with zero attached hydrogens (tertiary/aromatic N) is 1. The highest BCUT2D eigenvalue weighted by molar-refractivity contribution is 7.92. The van der Waals surface area contributed by atoms with Crippen LogP contribution in [0.25, 0.3) is 0 Å². The largest absolute Gasteiger partial charge is 0.453 e. The lowest BCUT2D eigenvalue weighted by Crippen LogP contribution is -2.29. The predicted molar refractivity (Wildman–Crippen MR) is 98.1 cm³/mol. The standard InChI is InChI=1S/C16H18N2O6S2/c1-10-9-25-16(21)18(10)8-14(19)24-11(2)15(20)12-4-6-13(7-5-12)17-26(3,22)23/h4-7,9,11,17H,8H2,1-3H3/t11-/m0/s1. The van der Waals surface area contributed by atoms with Crippen LogP contribution in [0.2, 0.25) is 0 Å². The number of aromatic nitrogens is 1. The summed E-state index contributed by atoms with van der Waals surface area (Å²) >= 11 is 0.984. The monoisotopic (exact) mass is 398 g/mol. The van der Waals surface area contributed by atoms with E-state index in [1.165, 1.54) is 35.8 Å². The molecule has 2 rings (SSSR count). The van der Waals surface area contributed by atoms with Gasteiger partial charge >= 0.3 is 10.8 Å². The second kappa shape index (κ2) is 7.83. The Morgan fingerprint density at radius 1 is 1.27 bits per heavy atom. The molecule has 0 fully saturated rings. The molecule has 8 nitrogen and oxygen atoms in total. The Bertz CT molecular complexity index is 973. The number of esters is 1. The predicted octanol–water partition coefficient (Wildman–Crippen LogP) is 1.40. The first kappa shape index (κ1) is 19.9. The number of ketones is 1. The number of carbonyl (C=O) groups is 2. The SMILES string of the molecule is Cc1csc(=O)n1CC(=O)O[C@@H](C)C(=O)c1ccc(NS(C)(=O)=O)cc1. The highest BCUT2D eigenvalue weighted by atomic mass is 32.2. The van der Waals surface area contributed by atoms with Gasteiger partial charge in [0.15, 0.2) is 6.10 Å². The van der Waals surface area contributed by atoms with Crippen molar-refractivity contribution in [1.29, 1.82) is 0 Å². The number of rotatable bonds is 7. The molecule has 0 spiro atoms. The highest BCUT2D eigenvalue weighted by Gasteiger charge is 2.20. The van der Waals surface area contributed by atoms with Crippen molar-refractivity contribution in [1.82, 2.24) is 4.57 Å². The Balaban J connectivity index is 2.00. The number of hydrogen-bond donors (Lipinski definition) is 1. The van der Waals surface area contributed by atoms with E-state index in [1.54, 1.807) is 12.3 Å². The normalized spacial score (nSPS) is 12.4. The van der Waals surface area contributed by atoms with Crippen LogP contribution in [0.4, 0.5) is 5.69 Å². The summed E-state index contributed by atoms with van der Waals surface area (Å²) in [5.74, 6) is -1.12. The zero-order valence-electron chi connectivity index (χ0n) is 14.4. The molecule has 1 atom stereocenters. The molecule has 26 heavy (non-hydrogen) atoms. The summed E-state index contributed by atoms with van der Waals surface area (Å²) in [7, 11) is -3.41. The third-order valence-electron chi connectivity index (χ3n) is 3.41. The van der Waals surface area contributed by atoms with Gasteiger partial charge in [-0.1, -0.05) is 11.3 Å². The van der Waals surface area contributed by atoms with E-state index < -0.39 is 27.9 Å². The molecule has 1 aromatic heterocycles.